The highest BCUT2D eigenvalue weighted by Crippen LogP contribution is 2.32. The predicted octanol–water partition coefficient (Wildman–Crippen LogP) is 4.09. The Morgan fingerprint density at radius 3 is 2.75 bits per heavy atom. The Bertz CT molecular complexity index is 1100. The molecule has 28 heavy (non-hydrogen) atoms. The van der Waals surface area contributed by atoms with Gasteiger partial charge in [0.1, 0.15) is 5.75 Å². The number of aromatic nitrogens is 3. The number of aryl methyl sites for hydroxylation is 2. The first-order chi connectivity index (χ1) is 13.5. The Morgan fingerprint density at radius 2 is 2.00 bits per heavy atom. The van der Waals surface area contributed by atoms with Crippen LogP contribution in [0.25, 0.3) is 5.65 Å². The number of fused-ring (bicyclic) bond motifs is 3. The van der Waals surface area contributed by atoms with Gasteiger partial charge in [0.25, 0.3) is 5.91 Å². The summed E-state index contributed by atoms with van der Waals surface area (Å²) in [6.07, 6.45) is 3.54. The third kappa shape index (κ3) is 2.66. The number of benzene rings is 1. The molecule has 144 valence electrons. The zero-order chi connectivity index (χ0) is 19.4. The van der Waals surface area contributed by atoms with E-state index in [9.17, 15) is 4.79 Å². The number of hydrogen-bond donors (Lipinski definition) is 0. The van der Waals surface area contributed by atoms with Crippen molar-refractivity contribution in [1.29, 1.82) is 0 Å². The summed E-state index contributed by atoms with van der Waals surface area (Å²) in [5.41, 5.74) is 4.91. The van der Waals surface area contributed by atoms with Gasteiger partial charge in [-0.1, -0.05) is 23.7 Å². The molecule has 1 saturated carbocycles. The van der Waals surface area contributed by atoms with Crippen LogP contribution in [0.3, 0.4) is 0 Å². The van der Waals surface area contributed by atoms with Gasteiger partial charge in [0.15, 0.2) is 5.65 Å². The van der Waals surface area contributed by atoms with E-state index in [1.54, 1.807) is 4.52 Å². The summed E-state index contributed by atoms with van der Waals surface area (Å²) in [5, 5.41) is 5.29. The Labute approximate surface area is 168 Å². The van der Waals surface area contributed by atoms with Crippen LogP contribution >= 0.6 is 11.6 Å². The van der Waals surface area contributed by atoms with Gasteiger partial charge in [0, 0.05) is 5.56 Å². The van der Waals surface area contributed by atoms with Crippen LogP contribution in [0.4, 0.5) is 0 Å². The highest BCUT2D eigenvalue weighted by atomic mass is 35.5. The normalized spacial score (nSPS) is 16.3. The number of para-hydroxylation sites is 1. The SMILES string of the molecule is Cc1nc2c3c(nn2c(C)c1Cl)CN(C(=O)c1ccccc1OC1CCC1)C3. The molecular formula is C21H21ClN4O2. The van der Waals surface area contributed by atoms with Crippen LogP contribution in [0.5, 0.6) is 5.75 Å². The molecule has 1 amide bonds. The summed E-state index contributed by atoms with van der Waals surface area (Å²) in [6.45, 7) is 4.78. The monoisotopic (exact) mass is 396 g/mol. The molecule has 6 nitrogen and oxygen atoms in total. The lowest BCUT2D eigenvalue weighted by Gasteiger charge is -2.28. The second-order valence-electron chi connectivity index (χ2n) is 7.59. The van der Waals surface area contributed by atoms with Crippen molar-refractivity contribution in [2.75, 3.05) is 0 Å². The van der Waals surface area contributed by atoms with Gasteiger partial charge in [-0.25, -0.2) is 9.50 Å². The molecule has 0 spiro atoms. The molecule has 3 heterocycles. The zero-order valence-corrected chi connectivity index (χ0v) is 16.7. The molecular weight excluding hydrogens is 376 g/mol. The molecule has 2 aliphatic rings. The van der Waals surface area contributed by atoms with E-state index in [-0.39, 0.29) is 12.0 Å². The molecule has 7 heteroatoms. The first-order valence-electron chi connectivity index (χ1n) is 9.61. The van der Waals surface area contributed by atoms with Gasteiger partial charge in [0.05, 0.1) is 46.9 Å². The number of hydrogen-bond acceptors (Lipinski definition) is 4. The quantitative estimate of drug-likeness (QED) is 0.669. The standard InChI is InChI=1S/C21H21ClN4O2/c1-12-19(22)13(2)26-20(23-12)16-10-25(11-17(16)24-26)21(27)15-8-3-4-9-18(15)28-14-6-5-7-14/h3-4,8-9,14H,5-7,10-11H2,1-2H3. The number of nitrogens with zero attached hydrogens (tertiary/aromatic N) is 4. The Morgan fingerprint density at radius 1 is 1.21 bits per heavy atom. The van der Waals surface area contributed by atoms with Crippen molar-refractivity contribution >= 4 is 23.2 Å². The van der Waals surface area contributed by atoms with Crippen LogP contribution < -0.4 is 4.74 Å². The minimum atomic E-state index is -0.0338. The van der Waals surface area contributed by atoms with Crippen molar-refractivity contribution in [2.45, 2.75) is 52.3 Å². The summed E-state index contributed by atoms with van der Waals surface area (Å²) >= 11 is 6.31. The van der Waals surface area contributed by atoms with Gasteiger partial charge in [-0.2, -0.15) is 5.10 Å². The molecule has 1 fully saturated rings. The van der Waals surface area contributed by atoms with Gasteiger partial charge >= 0.3 is 0 Å². The molecule has 0 saturated heterocycles. The van der Waals surface area contributed by atoms with Gasteiger partial charge < -0.3 is 9.64 Å². The maximum atomic E-state index is 13.2. The second-order valence-corrected chi connectivity index (χ2v) is 7.96. The molecule has 0 atom stereocenters. The molecule has 0 N–H and O–H groups in total. The number of ether oxygens (including phenoxy) is 1. The van der Waals surface area contributed by atoms with E-state index < -0.39 is 0 Å². The zero-order valence-electron chi connectivity index (χ0n) is 15.9. The third-order valence-electron chi connectivity index (χ3n) is 5.71. The molecule has 0 radical (unpaired) electrons. The molecule has 1 aromatic carbocycles. The first kappa shape index (κ1) is 17.5. The van der Waals surface area contributed by atoms with Gasteiger partial charge in [0.2, 0.25) is 0 Å². The van der Waals surface area contributed by atoms with Crippen LogP contribution in [0.1, 0.15) is 52.3 Å². The minimum absolute atomic E-state index is 0.0338. The van der Waals surface area contributed by atoms with Gasteiger partial charge in [-0.15, -0.1) is 0 Å². The molecule has 2 aromatic heterocycles. The highest BCUT2D eigenvalue weighted by molar-refractivity contribution is 6.31. The predicted molar refractivity (Wildman–Crippen MR) is 106 cm³/mol. The summed E-state index contributed by atoms with van der Waals surface area (Å²) < 4.78 is 7.83. The van der Waals surface area contributed by atoms with E-state index >= 15 is 0 Å². The average molecular weight is 397 g/mol. The van der Waals surface area contributed by atoms with Crippen molar-refractivity contribution in [2.24, 2.45) is 0 Å². The van der Waals surface area contributed by atoms with E-state index in [4.69, 9.17) is 16.3 Å². The lowest BCUT2D eigenvalue weighted by molar-refractivity contribution is 0.0731. The molecule has 5 rings (SSSR count). The third-order valence-corrected chi connectivity index (χ3v) is 6.25. The molecule has 3 aromatic rings. The first-order valence-corrected chi connectivity index (χ1v) is 9.99. The number of carbonyl (C=O) groups excluding carboxylic acids is 1. The van der Waals surface area contributed by atoms with Crippen LogP contribution in [0.15, 0.2) is 24.3 Å². The van der Waals surface area contributed by atoms with Crippen LogP contribution in [0.2, 0.25) is 5.02 Å². The Hall–Kier alpha value is -2.60. The number of carbonyl (C=O) groups is 1. The van der Waals surface area contributed by atoms with Gasteiger partial charge in [-0.05, 0) is 45.2 Å². The highest BCUT2D eigenvalue weighted by Gasteiger charge is 2.32. The fraction of sp³-hybridized carbons (Fsp3) is 0.381. The Balaban J connectivity index is 1.45. The molecule has 1 aliphatic carbocycles. The van der Waals surface area contributed by atoms with Crippen molar-refractivity contribution in [3.63, 3.8) is 0 Å². The van der Waals surface area contributed by atoms with E-state index in [0.29, 0.717) is 29.4 Å². The summed E-state index contributed by atoms with van der Waals surface area (Å²) in [7, 11) is 0. The number of amides is 1. The topological polar surface area (TPSA) is 59.7 Å². The van der Waals surface area contributed by atoms with Crippen molar-refractivity contribution < 1.29 is 9.53 Å². The summed E-state index contributed by atoms with van der Waals surface area (Å²) in [6, 6.07) is 7.51. The van der Waals surface area contributed by atoms with E-state index in [1.807, 2.05) is 43.0 Å². The number of rotatable bonds is 3. The van der Waals surface area contributed by atoms with E-state index in [0.717, 1.165) is 41.1 Å². The lowest BCUT2D eigenvalue weighted by Crippen LogP contribution is -2.29. The average Bonchev–Trinajstić information content (AvgIpc) is 3.22. The van der Waals surface area contributed by atoms with Gasteiger partial charge in [-0.3, -0.25) is 4.79 Å². The van der Waals surface area contributed by atoms with Crippen LogP contribution in [-0.4, -0.2) is 31.5 Å². The number of halogens is 1. The molecule has 0 bridgehead atoms. The summed E-state index contributed by atoms with van der Waals surface area (Å²) in [5.74, 6) is 0.640. The molecule has 0 unspecified atom stereocenters. The van der Waals surface area contributed by atoms with Crippen molar-refractivity contribution in [3.05, 3.63) is 57.5 Å². The lowest BCUT2D eigenvalue weighted by atomic mass is 9.96. The van der Waals surface area contributed by atoms with Crippen molar-refractivity contribution in [3.8, 4) is 5.75 Å². The smallest absolute Gasteiger partial charge is 0.258 e. The fourth-order valence-corrected chi connectivity index (χ4v) is 3.96. The van der Waals surface area contributed by atoms with Crippen LogP contribution in [-0.2, 0) is 13.1 Å². The van der Waals surface area contributed by atoms with E-state index in [1.165, 1.54) is 6.42 Å². The molecule has 1 aliphatic heterocycles. The largest absolute Gasteiger partial charge is 0.490 e. The van der Waals surface area contributed by atoms with E-state index in [2.05, 4.69) is 10.1 Å². The second kappa shape index (κ2) is 6.48. The Kier molecular flexibility index (Phi) is 4.05. The summed E-state index contributed by atoms with van der Waals surface area (Å²) in [4.78, 5) is 19.6. The van der Waals surface area contributed by atoms with Crippen LogP contribution in [0, 0.1) is 13.8 Å². The maximum Gasteiger partial charge on any atom is 0.258 e. The fourth-order valence-electron chi connectivity index (χ4n) is 3.84. The van der Waals surface area contributed by atoms with Crippen molar-refractivity contribution in [1.82, 2.24) is 19.5 Å². The minimum Gasteiger partial charge on any atom is -0.490 e. The maximum absolute atomic E-state index is 13.2.